The van der Waals surface area contributed by atoms with Crippen molar-refractivity contribution in [3.8, 4) is 0 Å². The van der Waals surface area contributed by atoms with E-state index in [1.165, 1.54) is 16.7 Å². The zero-order valence-corrected chi connectivity index (χ0v) is 11.7. The monoisotopic (exact) mass is 289 g/mol. The van der Waals surface area contributed by atoms with Crippen molar-refractivity contribution in [3.63, 3.8) is 0 Å². The fourth-order valence-electron chi connectivity index (χ4n) is 2.01. The largest absolute Gasteiger partial charge is 0.320 e. The Labute approximate surface area is 111 Å². The number of hydrogen-bond acceptors (Lipinski definition) is 1. The Bertz CT molecular complexity index is 534. The van der Waals surface area contributed by atoms with Crippen LogP contribution >= 0.6 is 15.9 Å². The van der Waals surface area contributed by atoms with Crippen molar-refractivity contribution in [3.05, 3.63) is 69.2 Å². The van der Waals surface area contributed by atoms with Gasteiger partial charge in [0.05, 0.1) is 6.04 Å². The maximum Gasteiger partial charge on any atom is 0.0565 e. The molecule has 0 aromatic heterocycles. The molecule has 1 nitrogen and oxygen atoms in total. The Morgan fingerprint density at radius 1 is 0.941 bits per heavy atom. The highest BCUT2D eigenvalue weighted by Crippen LogP contribution is 2.29. The van der Waals surface area contributed by atoms with E-state index in [1.54, 1.807) is 0 Å². The zero-order valence-electron chi connectivity index (χ0n) is 10.1. The highest BCUT2D eigenvalue weighted by Gasteiger charge is 2.14. The minimum atomic E-state index is -0.0783. The molecular weight excluding hydrogens is 274 g/mol. The van der Waals surface area contributed by atoms with Gasteiger partial charge in [-0.3, -0.25) is 0 Å². The second-order valence-electron chi connectivity index (χ2n) is 4.29. The summed E-state index contributed by atoms with van der Waals surface area (Å²) in [5.41, 5.74) is 11.2. The first kappa shape index (κ1) is 12.3. The predicted octanol–water partition coefficient (Wildman–Crippen LogP) is 4.11. The Hall–Kier alpha value is -1.12. The summed E-state index contributed by atoms with van der Waals surface area (Å²) in [7, 11) is 0. The van der Waals surface area contributed by atoms with E-state index in [0.717, 1.165) is 10.0 Å². The van der Waals surface area contributed by atoms with Gasteiger partial charge in [-0.1, -0.05) is 52.3 Å². The van der Waals surface area contributed by atoms with Gasteiger partial charge in [0.15, 0.2) is 0 Å². The molecule has 17 heavy (non-hydrogen) atoms. The topological polar surface area (TPSA) is 26.0 Å². The van der Waals surface area contributed by atoms with E-state index >= 15 is 0 Å². The normalized spacial score (nSPS) is 12.5. The quantitative estimate of drug-likeness (QED) is 0.884. The first-order valence-corrected chi connectivity index (χ1v) is 6.46. The highest BCUT2D eigenvalue weighted by molar-refractivity contribution is 9.10. The smallest absolute Gasteiger partial charge is 0.0565 e. The van der Waals surface area contributed by atoms with Crippen molar-refractivity contribution < 1.29 is 0 Å². The summed E-state index contributed by atoms with van der Waals surface area (Å²) in [5, 5.41) is 0. The number of aryl methyl sites for hydroxylation is 1. The third-order valence-electron chi connectivity index (χ3n) is 3.22. The lowest BCUT2D eigenvalue weighted by Crippen LogP contribution is -2.14. The van der Waals surface area contributed by atoms with E-state index < -0.39 is 0 Å². The lowest BCUT2D eigenvalue weighted by Gasteiger charge is -2.17. The van der Waals surface area contributed by atoms with Gasteiger partial charge in [-0.05, 0) is 42.2 Å². The van der Waals surface area contributed by atoms with Gasteiger partial charge < -0.3 is 5.73 Å². The Kier molecular flexibility index (Phi) is 3.65. The number of rotatable bonds is 2. The number of halogens is 1. The summed E-state index contributed by atoms with van der Waals surface area (Å²) in [6.07, 6.45) is 0. The van der Waals surface area contributed by atoms with Gasteiger partial charge in [0.2, 0.25) is 0 Å². The third-order valence-corrected chi connectivity index (χ3v) is 3.94. The van der Waals surface area contributed by atoms with Crippen LogP contribution in [0, 0.1) is 13.8 Å². The SMILES string of the molecule is Cc1cccc(C(N)c2ccccc2Br)c1C. The molecule has 1 atom stereocenters. The number of hydrogen-bond donors (Lipinski definition) is 1. The Morgan fingerprint density at radius 3 is 2.29 bits per heavy atom. The van der Waals surface area contributed by atoms with Gasteiger partial charge in [-0.2, -0.15) is 0 Å². The van der Waals surface area contributed by atoms with Gasteiger partial charge in [0, 0.05) is 4.47 Å². The lowest BCUT2D eigenvalue weighted by atomic mass is 9.93. The van der Waals surface area contributed by atoms with Crippen LogP contribution in [-0.2, 0) is 0 Å². The molecule has 2 aromatic carbocycles. The third kappa shape index (κ3) is 2.43. The van der Waals surface area contributed by atoms with Crippen LogP contribution in [0.5, 0.6) is 0 Å². The van der Waals surface area contributed by atoms with E-state index in [9.17, 15) is 0 Å². The minimum Gasteiger partial charge on any atom is -0.320 e. The second kappa shape index (κ2) is 5.03. The van der Waals surface area contributed by atoms with E-state index in [4.69, 9.17) is 5.73 Å². The molecule has 0 saturated carbocycles. The molecule has 0 aliphatic heterocycles. The van der Waals surface area contributed by atoms with E-state index in [2.05, 4.69) is 54.0 Å². The van der Waals surface area contributed by atoms with Crippen LogP contribution < -0.4 is 5.73 Å². The van der Waals surface area contributed by atoms with Crippen LogP contribution in [0.15, 0.2) is 46.9 Å². The van der Waals surface area contributed by atoms with Crippen molar-refractivity contribution in [2.45, 2.75) is 19.9 Å². The summed E-state index contributed by atoms with van der Waals surface area (Å²) in [5.74, 6) is 0. The fraction of sp³-hybridized carbons (Fsp3) is 0.200. The van der Waals surface area contributed by atoms with E-state index in [-0.39, 0.29) is 6.04 Å². The van der Waals surface area contributed by atoms with Crippen LogP contribution in [0.25, 0.3) is 0 Å². The fourth-order valence-corrected chi connectivity index (χ4v) is 2.54. The standard InChI is InChI=1S/C15H16BrN/c1-10-6-5-8-12(11(10)2)15(17)13-7-3-4-9-14(13)16/h3-9,15H,17H2,1-2H3. The van der Waals surface area contributed by atoms with Gasteiger partial charge in [0.1, 0.15) is 0 Å². The molecule has 2 N–H and O–H groups in total. The Balaban J connectivity index is 2.48. The molecule has 0 saturated heterocycles. The first-order chi connectivity index (χ1) is 8.11. The molecule has 1 unspecified atom stereocenters. The first-order valence-electron chi connectivity index (χ1n) is 5.67. The molecule has 2 heteroatoms. The van der Waals surface area contributed by atoms with Gasteiger partial charge in [-0.15, -0.1) is 0 Å². The molecule has 0 aliphatic carbocycles. The molecule has 0 fully saturated rings. The molecule has 0 spiro atoms. The van der Waals surface area contributed by atoms with Crippen LogP contribution in [0.2, 0.25) is 0 Å². The number of nitrogens with two attached hydrogens (primary N) is 1. The maximum absolute atomic E-state index is 6.36. The lowest BCUT2D eigenvalue weighted by molar-refractivity contribution is 0.853. The summed E-state index contributed by atoms with van der Waals surface area (Å²) in [6, 6.07) is 14.3. The minimum absolute atomic E-state index is 0.0783. The molecular formula is C15H16BrN. The van der Waals surface area contributed by atoms with Crippen LogP contribution in [0.3, 0.4) is 0 Å². The van der Waals surface area contributed by atoms with Crippen molar-refractivity contribution in [1.82, 2.24) is 0 Å². The van der Waals surface area contributed by atoms with Crippen molar-refractivity contribution in [2.24, 2.45) is 5.73 Å². The number of benzene rings is 2. The molecule has 0 aliphatic rings. The van der Waals surface area contributed by atoms with Crippen LogP contribution in [0.1, 0.15) is 28.3 Å². The Morgan fingerprint density at radius 2 is 1.59 bits per heavy atom. The van der Waals surface area contributed by atoms with E-state index in [0.29, 0.717) is 0 Å². The van der Waals surface area contributed by atoms with Crippen LogP contribution in [-0.4, -0.2) is 0 Å². The molecule has 2 rings (SSSR count). The zero-order chi connectivity index (χ0) is 12.4. The molecule has 0 bridgehead atoms. The van der Waals surface area contributed by atoms with Crippen LogP contribution in [0.4, 0.5) is 0 Å². The summed E-state index contributed by atoms with van der Waals surface area (Å²) in [4.78, 5) is 0. The maximum atomic E-state index is 6.36. The van der Waals surface area contributed by atoms with Gasteiger partial charge in [-0.25, -0.2) is 0 Å². The van der Waals surface area contributed by atoms with Gasteiger partial charge in [0.25, 0.3) is 0 Å². The van der Waals surface area contributed by atoms with E-state index in [1.807, 2.05) is 18.2 Å². The van der Waals surface area contributed by atoms with Gasteiger partial charge >= 0.3 is 0 Å². The molecule has 0 radical (unpaired) electrons. The molecule has 0 amide bonds. The average molecular weight is 290 g/mol. The highest BCUT2D eigenvalue weighted by atomic mass is 79.9. The van der Waals surface area contributed by atoms with Crippen molar-refractivity contribution >= 4 is 15.9 Å². The molecule has 88 valence electrons. The second-order valence-corrected chi connectivity index (χ2v) is 5.14. The summed E-state index contributed by atoms with van der Waals surface area (Å²) < 4.78 is 1.06. The average Bonchev–Trinajstić information content (AvgIpc) is 2.32. The molecule has 2 aromatic rings. The molecule has 0 heterocycles. The summed E-state index contributed by atoms with van der Waals surface area (Å²) >= 11 is 3.56. The van der Waals surface area contributed by atoms with Crippen molar-refractivity contribution in [2.75, 3.05) is 0 Å². The van der Waals surface area contributed by atoms with Crippen molar-refractivity contribution in [1.29, 1.82) is 0 Å². The summed E-state index contributed by atoms with van der Waals surface area (Å²) in [6.45, 7) is 4.24. The predicted molar refractivity (Wildman–Crippen MR) is 76.1 cm³/mol.